The molecule has 2 aromatic carbocycles. The first-order valence-electron chi connectivity index (χ1n) is 22.0. The minimum atomic E-state index is -4.42. The number of aryl methyl sites for hydroxylation is 4. The van der Waals surface area contributed by atoms with E-state index in [0.717, 1.165) is 78.6 Å². The van der Waals surface area contributed by atoms with Gasteiger partial charge in [-0.2, -0.15) is 0 Å². The lowest BCUT2D eigenvalue weighted by molar-refractivity contribution is -0.231. The number of rotatable bonds is 32. The molecule has 66 heavy (non-hydrogen) atoms. The first kappa shape index (κ1) is 60.1. The topological polar surface area (TPSA) is 276 Å². The average molecular weight is 977 g/mol. The van der Waals surface area contributed by atoms with Crippen molar-refractivity contribution >= 4 is 39.5 Å². The maximum atomic E-state index is 11.9. The van der Waals surface area contributed by atoms with Crippen molar-refractivity contribution in [2.75, 3.05) is 66.2 Å². The summed E-state index contributed by atoms with van der Waals surface area (Å²) in [6.07, 6.45) is 6.33. The van der Waals surface area contributed by atoms with E-state index in [1.807, 2.05) is 53.7 Å². The van der Waals surface area contributed by atoms with E-state index in [9.17, 15) is 38.1 Å². The van der Waals surface area contributed by atoms with Gasteiger partial charge in [0.15, 0.2) is 6.79 Å². The number of aliphatic hydroxyl groups is 1. The van der Waals surface area contributed by atoms with E-state index >= 15 is 0 Å². The van der Waals surface area contributed by atoms with Crippen LogP contribution in [0.15, 0.2) is 24.3 Å². The molecular formula is C44H70N2O18P2-2. The van der Waals surface area contributed by atoms with E-state index in [2.05, 4.69) is 19.7 Å². The normalized spacial score (nSPS) is 12.8. The van der Waals surface area contributed by atoms with Crippen LogP contribution in [0.1, 0.15) is 111 Å². The van der Waals surface area contributed by atoms with Crippen LogP contribution in [0.3, 0.4) is 0 Å². The molecule has 2 unspecified atom stereocenters. The highest BCUT2D eigenvalue weighted by atomic mass is 31.2. The quantitative estimate of drug-likeness (QED) is 0.0232. The van der Waals surface area contributed by atoms with Crippen LogP contribution in [0.5, 0.6) is 11.5 Å². The van der Waals surface area contributed by atoms with Gasteiger partial charge in [-0.3, -0.25) is 9.09 Å². The summed E-state index contributed by atoms with van der Waals surface area (Å²) in [5.74, 6) is 0.0568. The number of phosphoric acid groups is 1. The van der Waals surface area contributed by atoms with E-state index in [0.29, 0.717) is 63.5 Å². The number of carbonyl (C=O) groups excluding carboxylic acids is 4. The van der Waals surface area contributed by atoms with Gasteiger partial charge in [-0.1, -0.05) is 39.5 Å². The van der Waals surface area contributed by atoms with Gasteiger partial charge in [0, 0.05) is 33.0 Å². The summed E-state index contributed by atoms with van der Waals surface area (Å²) in [6, 6.07) is 7.22. The number of carbonyl (C=O) groups is 4. The van der Waals surface area contributed by atoms with E-state index < -0.39 is 46.3 Å². The van der Waals surface area contributed by atoms with Crippen LogP contribution in [0, 0.1) is 27.7 Å². The number of hydrogen-bond acceptors (Lipinski definition) is 18. The Hall–Kier alpha value is -3.94. The van der Waals surface area contributed by atoms with Gasteiger partial charge in [-0.05, 0) is 124 Å². The third-order valence-electron chi connectivity index (χ3n) is 8.82. The fraction of sp³-hybridized carbons (Fsp3) is 0.636. The van der Waals surface area contributed by atoms with Crippen molar-refractivity contribution in [3.8, 4) is 11.5 Å². The van der Waals surface area contributed by atoms with Crippen molar-refractivity contribution in [3.05, 3.63) is 57.6 Å². The maximum Gasteiger partial charge on any atom is 0.407 e. The van der Waals surface area contributed by atoms with Gasteiger partial charge in [-0.25, -0.2) is 19.2 Å². The predicted octanol–water partition coefficient (Wildman–Crippen LogP) is 6.50. The molecular weight excluding hydrogens is 906 g/mol. The Labute approximate surface area is 388 Å². The SMILES string of the molecule is CCCOCC(=O)Oc1c(C)cc(COC(=O)NCCCCCCOP(=O)([O-])OCO)cc1C.CCCOCC(=O)Oc1c(C)cc(COC(=O)NCCCCCCOP(C)(=O)[O-])cc1C. The number of esters is 2. The van der Waals surface area contributed by atoms with Crippen molar-refractivity contribution in [3.63, 3.8) is 0 Å². The number of alkyl carbamates (subject to hydrolysis) is 2. The van der Waals surface area contributed by atoms with Crippen molar-refractivity contribution in [1.29, 1.82) is 0 Å². The Balaban J connectivity index is 0.000000661. The van der Waals surface area contributed by atoms with Gasteiger partial charge in [0.25, 0.3) is 7.82 Å². The largest absolute Gasteiger partial charge is 0.779 e. The molecule has 0 radical (unpaired) electrons. The number of ether oxygens (including phenoxy) is 6. The lowest BCUT2D eigenvalue weighted by atomic mass is 10.1. The third kappa shape index (κ3) is 29.6. The van der Waals surface area contributed by atoms with Crippen LogP contribution < -0.4 is 29.9 Å². The van der Waals surface area contributed by atoms with Crippen LogP contribution in [0.25, 0.3) is 0 Å². The molecule has 0 spiro atoms. The Morgan fingerprint density at radius 2 is 0.955 bits per heavy atom. The highest BCUT2D eigenvalue weighted by Crippen LogP contribution is 2.37. The second-order valence-electron chi connectivity index (χ2n) is 15.1. The Morgan fingerprint density at radius 3 is 1.32 bits per heavy atom. The number of unbranched alkanes of at least 4 members (excludes halogenated alkanes) is 6. The molecule has 0 aliphatic heterocycles. The van der Waals surface area contributed by atoms with Gasteiger partial charge in [0.05, 0.1) is 13.2 Å². The molecule has 22 heteroatoms. The van der Waals surface area contributed by atoms with E-state index in [1.54, 1.807) is 12.1 Å². The fourth-order valence-corrected chi connectivity index (χ4v) is 6.94. The first-order valence-corrected chi connectivity index (χ1v) is 25.5. The van der Waals surface area contributed by atoms with Crippen LogP contribution in [0.2, 0.25) is 0 Å². The van der Waals surface area contributed by atoms with Crippen molar-refractivity contribution in [2.24, 2.45) is 0 Å². The smallest absolute Gasteiger partial charge is 0.407 e. The van der Waals surface area contributed by atoms with Gasteiger partial charge in [-0.15, -0.1) is 0 Å². The molecule has 0 saturated carbocycles. The van der Waals surface area contributed by atoms with E-state index in [1.165, 1.54) is 0 Å². The molecule has 2 rings (SSSR count). The summed E-state index contributed by atoms with van der Waals surface area (Å²) >= 11 is 0. The molecule has 0 aliphatic rings. The van der Waals surface area contributed by atoms with Crippen molar-refractivity contribution in [2.45, 2.75) is 119 Å². The van der Waals surface area contributed by atoms with E-state index in [4.69, 9.17) is 38.1 Å². The summed E-state index contributed by atoms with van der Waals surface area (Å²) in [5, 5.41) is 13.8. The van der Waals surface area contributed by atoms with Crippen LogP contribution in [0.4, 0.5) is 9.59 Å². The summed E-state index contributed by atoms with van der Waals surface area (Å²) in [6.45, 7) is 13.3. The zero-order valence-electron chi connectivity index (χ0n) is 39.4. The molecule has 0 aromatic heterocycles. The summed E-state index contributed by atoms with van der Waals surface area (Å²) < 4.78 is 66.9. The highest BCUT2D eigenvalue weighted by molar-refractivity contribution is 7.50. The highest BCUT2D eigenvalue weighted by Gasteiger charge is 2.15. The third-order valence-corrected chi connectivity index (χ3v) is 10.4. The number of amides is 2. The summed E-state index contributed by atoms with van der Waals surface area (Å²) in [5.41, 5.74) is 4.62. The van der Waals surface area contributed by atoms with E-state index in [-0.39, 0.29) is 39.6 Å². The average Bonchev–Trinajstić information content (AvgIpc) is 3.24. The number of aliphatic hydroxyl groups excluding tert-OH is 1. The minimum absolute atomic E-state index is 0.0281. The number of benzene rings is 2. The van der Waals surface area contributed by atoms with Gasteiger partial charge in [0.1, 0.15) is 45.5 Å². The molecule has 2 atom stereocenters. The van der Waals surface area contributed by atoms with Crippen molar-refractivity contribution in [1.82, 2.24) is 10.6 Å². The minimum Gasteiger partial charge on any atom is -0.779 e. The monoisotopic (exact) mass is 976 g/mol. The summed E-state index contributed by atoms with van der Waals surface area (Å²) in [4.78, 5) is 69.5. The Morgan fingerprint density at radius 1 is 0.576 bits per heavy atom. The zero-order chi connectivity index (χ0) is 49.4. The molecule has 0 fully saturated rings. The number of nitrogens with one attached hydrogen (secondary N) is 2. The fourth-order valence-electron chi connectivity index (χ4n) is 5.91. The first-order chi connectivity index (χ1) is 31.3. The second kappa shape index (κ2) is 34.4. The Kier molecular flexibility index (Phi) is 31.3. The lowest BCUT2D eigenvalue weighted by Gasteiger charge is -2.20. The van der Waals surface area contributed by atoms with Gasteiger partial charge < -0.3 is 67.6 Å². The second-order valence-corrected chi connectivity index (χ2v) is 18.4. The molecule has 20 nitrogen and oxygen atoms in total. The van der Waals surface area contributed by atoms with Crippen LogP contribution in [-0.2, 0) is 64.5 Å². The maximum absolute atomic E-state index is 11.9. The summed E-state index contributed by atoms with van der Waals surface area (Å²) in [7, 11) is -8.07. The molecule has 2 amide bonds. The van der Waals surface area contributed by atoms with Crippen molar-refractivity contribution < 1.29 is 85.2 Å². The lowest BCUT2D eigenvalue weighted by Crippen LogP contribution is -2.25. The standard InChI is InChI=1S/C22H36NO10P.C22H36NO8P/c1-4-10-29-15-20(25)33-21-17(2)12-19(13-18(21)3)14-30-22(26)23-9-7-5-6-8-11-31-34(27,28)32-16-24;1-5-11-28-16-20(24)31-21-17(2)13-19(14-18(21)3)15-29-22(25)23-10-8-6-7-9-12-30-32(4,26)27/h12-13,24H,4-11,14-16H2,1-3H3,(H,23,26)(H,27,28);13-14H,5-12,15-16H2,1-4H3,(H,23,25)(H,26,27)/p-2. The molecule has 0 heterocycles. The molecule has 0 aliphatic carbocycles. The van der Waals surface area contributed by atoms with Crippen LogP contribution in [-0.4, -0.2) is 95.4 Å². The molecule has 376 valence electrons. The number of hydrogen-bond donors (Lipinski definition) is 3. The van der Waals surface area contributed by atoms with Gasteiger partial charge >= 0.3 is 24.1 Å². The molecule has 0 bridgehead atoms. The molecule has 0 saturated heterocycles. The van der Waals surface area contributed by atoms with Gasteiger partial charge in [0.2, 0.25) is 0 Å². The zero-order valence-corrected chi connectivity index (χ0v) is 41.2. The predicted molar refractivity (Wildman–Crippen MR) is 240 cm³/mol. The Bertz CT molecular complexity index is 1810. The molecule has 3 N–H and O–H groups in total. The van der Waals surface area contributed by atoms with Crippen LogP contribution >= 0.6 is 15.4 Å². The number of phosphoric ester groups is 1. The molecule has 2 aromatic rings.